The number of carboxylic acids is 1. The SMILES string of the molecule is CCC(CNS(=O)(=O)c1ccc(Cl)cc1)CC(=O)O. The molecule has 0 saturated carbocycles. The van der Waals surface area contributed by atoms with Gasteiger partial charge in [-0.2, -0.15) is 0 Å². The Bertz CT molecular complexity index is 527. The van der Waals surface area contributed by atoms with E-state index in [1.165, 1.54) is 24.3 Å². The van der Waals surface area contributed by atoms with Crippen LogP contribution in [0.2, 0.25) is 5.02 Å². The lowest BCUT2D eigenvalue weighted by atomic mass is 10.0. The molecule has 0 fully saturated rings. The number of aliphatic carboxylic acids is 1. The van der Waals surface area contributed by atoms with Crippen LogP contribution in [0.5, 0.6) is 0 Å². The molecule has 0 aliphatic rings. The van der Waals surface area contributed by atoms with Crippen LogP contribution in [0.3, 0.4) is 0 Å². The molecule has 0 heterocycles. The first kappa shape index (κ1) is 15.9. The Kier molecular flexibility index (Phi) is 5.78. The van der Waals surface area contributed by atoms with E-state index < -0.39 is 16.0 Å². The van der Waals surface area contributed by atoms with Crippen molar-refractivity contribution in [1.29, 1.82) is 0 Å². The van der Waals surface area contributed by atoms with Gasteiger partial charge in [-0.15, -0.1) is 0 Å². The fourth-order valence-corrected chi connectivity index (χ4v) is 2.77. The van der Waals surface area contributed by atoms with Crippen LogP contribution < -0.4 is 4.72 Å². The average molecular weight is 306 g/mol. The van der Waals surface area contributed by atoms with E-state index in [9.17, 15) is 13.2 Å². The van der Waals surface area contributed by atoms with E-state index in [4.69, 9.17) is 16.7 Å². The van der Waals surface area contributed by atoms with Crippen LogP contribution in [0.15, 0.2) is 29.2 Å². The first-order valence-corrected chi connectivity index (χ1v) is 7.68. The van der Waals surface area contributed by atoms with Crippen molar-refractivity contribution in [3.8, 4) is 0 Å². The number of nitrogens with one attached hydrogen (secondary N) is 1. The maximum Gasteiger partial charge on any atom is 0.303 e. The van der Waals surface area contributed by atoms with Crippen molar-refractivity contribution in [1.82, 2.24) is 4.72 Å². The fraction of sp³-hybridized carbons (Fsp3) is 0.417. The summed E-state index contributed by atoms with van der Waals surface area (Å²) in [4.78, 5) is 10.7. The quantitative estimate of drug-likeness (QED) is 0.808. The second-order valence-electron chi connectivity index (χ2n) is 4.18. The summed E-state index contributed by atoms with van der Waals surface area (Å²) in [7, 11) is -3.62. The number of benzene rings is 1. The van der Waals surface area contributed by atoms with Gasteiger partial charge in [0.25, 0.3) is 0 Å². The van der Waals surface area contributed by atoms with E-state index in [1.807, 2.05) is 6.92 Å². The third-order valence-electron chi connectivity index (χ3n) is 2.73. The summed E-state index contributed by atoms with van der Waals surface area (Å²) in [5.41, 5.74) is 0. The van der Waals surface area contributed by atoms with Crippen molar-refractivity contribution in [3.05, 3.63) is 29.3 Å². The van der Waals surface area contributed by atoms with Crippen molar-refractivity contribution in [3.63, 3.8) is 0 Å². The minimum Gasteiger partial charge on any atom is -0.481 e. The first-order valence-electron chi connectivity index (χ1n) is 5.82. The molecular weight excluding hydrogens is 290 g/mol. The zero-order valence-corrected chi connectivity index (χ0v) is 12.0. The molecule has 0 spiro atoms. The molecule has 0 amide bonds. The monoisotopic (exact) mass is 305 g/mol. The number of halogens is 1. The van der Waals surface area contributed by atoms with Crippen LogP contribution >= 0.6 is 11.6 Å². The van der Waals surface area contributed by atoms with Gasteiger partial charge < -0.3 is 5.11 Å². The molecular formula is C12H16ClNO4S. The van der Waals surface area contributed by atoms with E-state index in [1.54, 1.807) is 0 Å². The number of hydrogen-bond donors (Lipinski definition) is 2. The number of sulfonamides is 1. The highest BCUT2D eigenvalue weighted by molar-refractivity contribution is 7.89. The highest BCUT2D eigenvalue weighted by Crippen LogP contribution is 2.15. The summed E-state index contributed by atoms with van der Waals surface area (Å²) in [6, 6.07) is 5.79. The Morgan fingerprint density at radius 3 is 2.42 bits per heavy atom. The lowest BCUT2D eigenvalue weighted by molar-refractivity contribution is -0.138. The third kappa shape index (κ3) is 5.18. The zero-order chi connectivity index (χ0) is 14.5. The lowest BCUT2D eigenvalue weighted by Gasteiger charge is -2.13. The van der Waals surface area contributed by atoms with Gasteiger partial charge in [-0.3, -0.25) is 4.79 Å². The summed E-state index contributed by atoms with van der Waals surface area (Å²) in [6.45, 7) is 1.93. The maximum absolute atomic E-state index is 11.9. The summed E-state index contributed by atoms with van der Waals surface area (Å²) in [5.74, 6) is -1.16. The summed E-state index contributed by atoms with van der Waals surface area (Å²) < 4.78 is 26.3. The van der Waals surface area contributed by atoms with Crippen molar-refractivity contribution >= 4 is 27.6 Å². The van der Waals surface area contributed by atoms with E-state index >= 15 is 0 Å². The molecule has 1 rings (SSSR count). The van der Waals surface area contributed by atoms with E-state index in [0.29, 0.717) is 11.4 Å². The minimum atomic E-state index is -3.62. The van der Waals surface area contributed by atoms with Gasteiger partial charge >= 0.3 is 5.97 Å². The van der Waals surface area contributed by atoms with Crippen LogP contribution in [0, 0.1) is 5.92 Å². The normalized spacial score (nSPS) is 13.2. The molecule has 7 heteroatoms. The van der Waals surface area contributed by atoms with Crippen molar-refractivity contribution in [2.45, 2.75) is 24.7 Å². The molecule has 106 valence electrons. The van der Waals surface area contributed by atoms with Gasteiger partial charge in [0, 0.05) is 18.0 Å². The van der Waals surface area contributed by atoms with Crippen LogP contribution in [-0.4, -0.2) is 26.0 Å². The Morgan fingerprint density at radius 1 is 1.37 bits per heavy atom. The smallest absolute Gasteiger partial charge is 0.303 e. The Balaban J connectivity index is 2.69. The van der Waals surface area contributed by atoms with E-state index in [0.717, 1.165) is 0 Å². The fourth-order valence-electron chi connectivity index (χ4n) is 1.53. The predicted octanol–water partition coefficient (Wildman–Crippen LogP) is 2.12. The molecule has 1 atom stereocenters. The van der Waals surface area contributed by atoms with Crippen molar-refractivity contribution in [2.75, 3.05) is 6.54 Å². The maximum atomic E-state index is 11.9. The largest absolute Gasteiger partial charge is 0.481 e. The number of carboxylic acid groups (broad SMARTS) is 1. The van der Waals surface area contributed by atoms with Gasteiger partial charge in [0.05, 0.1) is 4.90 Å². The summed E-state index contributed by atoms with van der Waals surface area (Å²) in [6.07, 6.45) is 0.537. The first-order chi connectivity index (χ1) is 8.85. The van der Waals surface area contributed by atoms with Crippen LogP contribution in [0.25, 0.3) is 0 Å². The molecule has 0 saturated heterocycles. The highest BCUT2D eigenvalue weighted by atomic mass is 35.5. The van der Waals surface area contributed by atoms with E-state index in [2.05, 4.69) is 4.72 Å². The average Bonchev–Trinajstić information content (AvgIpc) is 2.34. The molecule has 0 radical (unpaired) electrons. The molecule has 0 bridgehead atoms. The molecule has 0 aliphatic carbocycles. The second kappa shape index (κ2) is 6.88. The van der Waals surface area contributed by atoms with Crippen LogP contribution in [-0.2, 0) is 14.8 Å². The van der Waals surface area contributed by atoms with Gasteiger partial charge in [0.1, 0.15) is 0 Å². The number of hydrogen-bond acceptors (Lipinski definition) is 3. The molecule has 19 heavy (non-hydrogen) atoms. The molecule has 5 nitrogen and oxygen atoms in total. The highest BCUT2D eigenvalue weighted by Gasteiger charge is 2.17. The molecule has 2 N–H and O–H groups in total. The zero-order valence-electron chi connectivity index (χ0n) is 10.5. The van der Waals surface area contributed by atoms with Crippen LogP contribution in [0.1, 0.15) is 19.8 Å². The van der Waals surface area contributed by atoms with Crippen LogP contribution in [0.4, 0.5) is 0 Å². The molecule has 1 unspecified atom stereocenters. The van der Waals surface area contributed by atoms with Gasteiger partial charge in [-0.1, -0.05) is 24.9 Å². The molecule has 0 aliphatic heterocycles. The molecule has 0 aromatic heterocycles. The van der Waals surface area contributed by atoms with Gasteiger partial charge in [-0.05, 0) is 30.2 Å². The minimum absolute atomic E-state index is 0.0559. The van der Waals surface area contributed by atoms with Gasteiger partial charge in [-0.25, -0.2) is 13.1 Å². The molecule has 1 aromatic rings. The molecule has 1 aromatic carbocycles. The number of carbonyl (C=O) groups is 1. The lowest BCUT2D eigenvalue weighted by Crippen LogP contribution is -2.30. The second-order valence-corrected chi connectivity index (χ2v) is 6.38. The Morgan fingerprint density at radius 2 is 1.95 bits per heavy atom. The Labute approximate surface area is 117 Å². The number of rotatable bonds is 7. The third-order valence-corrected chi connectivity index (χ3v) is 4.42. The Hall–Kier alpha value is -1.11. The van der Waals surface area contributed by atoms with Crippen molar-refractivity contribution < 1.29 is 18.3 Å². The summed E-state index contributed by atoms with van der Waals surface area (Å²) >= 11 is 5.69. The van der Waals surface area contributed by atoms with Gasteiger partial charge in [0.2, 0.25) is 10.0 Å². The topological polar surface area (TPSA) is 83.5 Å². The predicted molar refractivity (Wildman–Crippen MR) is 72.7 cm³/mol. The van der Waals surface area contributed by atoms with Gasteiger partial charge in [0.15, 0.2) is 0 Å². The van der Waals surface area contributed by atoms with Crippen molar-refractivity contribution in [2.24, 2.45) is 5.92 Å². The van der Waals surface area contributed by atoms with E-state index in [-0.39, 0.29) is 23.8 Å². The summed E-state index contributed by atoms with van der Waals surface area (Å²) in [5, 5.41) is 9.15. The standard InChI is InChI=1S/C12H16ClNO4S/c1-2-9(7-12(15)16)8-14-19(17,18)11-5-3-10(13)4-6-11/h3-6,9,14H,2,7-8H2,1H3,(H,15,16).